The first kappa shape index (κ1) is 21.4. The molecule has 7 nitrogen and oxygen atoms in total. The maximum atomic E-state index is 12.3. The lowest BCUT2D eigenvalue weighted by molar-refractivity contribution is -0.155. The minimum atomic E-state index is -0.958. The fourth-order valence-corrected chi connectivity index (χ4v) is 3.22. The van der Waals surface area contributed by atoms with E-state index < -0.39 is 18.0 Å². The van der Waals surface area contributed by atoms with Crippen LogP contribution < -0.4 is 15.0 Å². The van der Waals surface area contributed by atoms with E-state index in [9.17, 15) is 14.4 Å². The van der Waals surface area contributed by atoms with Crippen molar-refractivity contribution in [2.75, 3.05) is 29.9 Å². The van der Waals surface area contributed by atoms with Gasteiger partial charge < -0.3 is 19.7 Å². The summed E-state index contributed by atoms with van der Waals surface area (Å²) in [4.78, 5) is 37.2. The molecule has 1 heterocycles. The highest BCUT2D eigenvalue weighted by Gasteiger charge is 2.19. The number of rotatable bonds is 8. The number of hydrogen-bond donors (Lipinski definition) is 1. The first-order valence-electron chi connectivity index (χ1n) is 10.1. The lowest BCUT2D eigenvalue weighted by atomic mass is 10.1. The van der Waals surface area contributed by atoms with E-state index in [2.05, 4.69) is 10.2 Å². The highest BCUT2D eigenvalue weighted by Crippen LogP contribution is 2.22. The van der Waals surface area contributed by atoms with Crippen molar-refractivity contribution in [2.24, 2.45) is 0 Å². The van der Waals surface area contributed by atoms with Crippen molar-refractivity contribution in [3.63, 3.8) is 0 Å². The van der Waals surface area contributed by atoms with Gasteiger partial charge in [-0.05, 0) is 74.7 Å². The van der Waals surface area contributed by atoms with Crippen LogP contribution in [-0.4, -0.2) is 44.0 Å². The molecular formula is C23H26N2O5. The number of aldehydes is 1. The quantitative estimate of drug-likeness (QED) is 0.530. The topological polar surface area (TPSA) is 84.9 Å². The second-order valence-corrected chi connectivity index (χ2v) is 7.19. The zero-order valence-electron chi connectivity index (χ0n) is 17.0. The first-order valence-corrected chi connectivity index (χ1v) is 10.1. The number of esters is 1. The normalized spacial score (nSPS) is 14.5. The number of benzene rings is 2. The highest BCUT2D eigenvalue weighted by atomic mass is 16.6. The zero-order valence-corrected chi connectivity index (χ0v) is 17.0. The molecule has 0 aromatic heterocycles. The summed E-state index contributed by atoms with van der Waals surface area (Å²) in [5.41, 5.74) is 2.31. The molecular weight excluding hydrogens is 384 g/mol. The van der Waals surface area contributed by atoms with Gasteiger partial charge in [-0.3, -0.25) is 9.59 Å². The van der Waals surface area contributed by atoms with E-state index in [0.717, 1.165) is 25.1 Å². The van der Waals surface area contributed by atoms with Gasteiger partial charge in [-0.25, -0.2) is 4.79 Å². The van der Waals surface area contributed by atoms with Gasteiger partial charge in [0.15, 0.2) is 12.7 Å². The Hall–Kier alpha value is -3.35. The van der Waals surface area contributed by atoms with Crippen LogP contribution in [0.5, 0.6) is 5.75 Å². The van der Waals surface area contributed by atoms with E-state index in [1.165, 1.54) is 26.2 Å². The second kappa shape index (κ2) is 10.4. The zero-order chi connectivity index (χ0) is 21.3. The van der Waals surface area contributed by atoms with Crippen LogP contribution in [0.2, 0.25) is 0 Å². The lowest BCUT2D eigenvalue weighted by Gasteiger charge is -2.28. The van der Waals surface area contributed by atoms with Crippen molar-refractivity contribution in [1.82, 2.24) is 0 Å². The minimum Gasteiger partial charge on any atom is -0.482 e. The van der Waals surface area contributed by atoms with Gasteiger partial charge in [0.1, 0.15) is 12.0 Å². The van der Waals surface area contributed by atoms with Crippen LogP contribution in [0.3, 0.4) is 0 Å². The van der Waals surface area contributed by atoms with Gasteiger partial charge in [0, 0.05) is 30.0 Å². The van der Waals surface area contributed by atoms with Gasteiger partial charge in [0.25, 0.3) is 5.91 Å². The number of carbonyl (C=O) groups excluding carboxylic acids is 3. The Morgan fingerprint density at radius 3 is 2.33 bits per heavy atom. The molecule has 7 heteroatoms. The van der Waals surface area contributed by atoms with Crippen molar-refractivity contribution < 1.29 is 23.9 Å². The van der Waals surface area contributed by atoms with Gasteiger partial charge in [-0.15, -0.1) is 0 Å². The maximum Gasteiger partial charge on any atom is 0.344 e. The molecule has 1 amide bonds. The van der Waals surface area contributed by atoms with E-state index in [1.807, 2.05) is 24.3 Å². The van der Waals surface area contributed by atoms with E-state index in [1.54, 1.807) is 24.3 Å². The van der Waals surface area contributed by atoms with Gasteiger partial charge in [0.05, 0.1) is 0 Å². The van der Waals surface area contributed by atoms with E-state index in [-0.39, 0.29) is 6.61 Å². The fraction of sp³-hybridized carbons (Fsp3) is 0.348. The third-order valence-electron chi connectivity index (χ3n) is 4.91. The van der Waals surface area contributed by atoms with Crippen LogP contribution in [0.15, 0.2) is 48.5 Å². The molecule has 0 unspecified atom stereocenters. The Labute approximate surface area is 176 Å². The molecule has 1 atom stereocenters. The molecule has 30 heavy (non-hydrogen) atoms. The molecule has 0 saturated carbocycles. The third kappa shape index (κ3) is 6.07. The SMILES string of the molecule is C[C@@H](OC(=O)COc1ccc(C=O)cc1)C(=O)Nc1ccc(N2CCCCC2)cc1. The third-order valence-corrected chi connectivity index (χ3v) is 4.91. The molecule has 3 rings (SSSR count). The van der Waals surface area contributed by atoms with Gasteiger partial charge >= 0.3 is 5.97 Å². The van der Waals surface area contributed by atoms with E-state index in [0.29, 0.717) is 17.0 Å². The van der Waals surface area contributed by atoms with Crippen molar-refractivity contribution in [3.8, 4) is 5.75 Å². The van der Waals surface area contributed by atoms with Crippen molar-refractivity contribution >= 4 is 29.5 Å². The molecule has 158 valence electrons. The average molecular weight is 410 g/mol. The monoisotopic (exact) mass is 410 g/mol. The van der Waals surface area contributed by atoms with Crippen molar-refractivity contribution in [3.05, 3.63) is 54.1 Å². The van der Waals surface area contributed by atoms with Crippen LogP contribution in [0.1, 0.15) is 36.5 Å². The molecule has 2 aromatic rings. The molecule has 0 radical (unpaired) electrons. The van der Waals surface area contributed by atoms with Crippen LogP contribution in [0, 0.1) is 0 Å². The van der Waals surface area contributed by atoms with Gasteiger partial charge in [0.2, 0.25) is 0 Å². The Morgan fingerprint density at radius 2 is 1.70 bits per heavy atom. The summed E-state index contributed by atoms with van der Waals surface area (Å²) in [7, 11) is 0. The predicted molar refractivity (Wildman–Crippen MR) is 114 cm³/mol. The van der Waals surface area contributed by atoms with Crippen LogP contribution in [-0.2, 0) is 14.3 Å². The largest absolute Gasteiger partial charge is 0.482 e. The summed E-state index contributed by atoms with van der Waals surface area (Å²) in [6.45, 7) is 3.29. The fourth-order valence-electron chi connectivity index (χ4n) is 3.22. The summed E-state index contributed by atoms with van der Waals surface area (Å²) < 4.78 is 10.4. The predicted octanol–water partition coefficient (Wildman–Crippen LogP) is 3.44. The standard InChI is InChI=1S/C23H26N2O5/c1-17(30-22(27)16-29-21-11-5-18(15-26)6-12-21)23(28)24-19-7-9-20(10-8-19)25-13-3-2-4-14-25/h5-12,15,17H,2-4,13-14,16H2,1H3,(H,24,28)/t17-/m1/s1. The van der Waals surface area contributed by atoms with Crippen molar-refractivity contribution in [2.45, 2.75) is 32.3 Å². The van der Waals surface area contributed by atoms with Crippen LogP contribution >= 0.6 is 0 Å². The Kier molecular flexibility index (Phi) is 7.43. The number of anilines is 2. The molecule has 1 fully saturated rings. The molecule has 1 N–H and O–H groups in total. The summed E-state index contributed by atoms with van der Waals surface area (Å²) in [6.07, 6.45) is 3.45. The van der Waals surface area contributed by atoms with E-state index in [4.69, 9.17) is 9.47 Å². The van der Waals surface area contributed by atoms with Crippen LogP contribution in [0.25, 0.3) is 0 Å². The summed E-state index contributed by atoms with van der Waals surface area (Å²) in [5, 5.41) is 2.76. The number of nitrogens with zero attached hydrogens (tertiary/aromatic N) is 1. The summed E-state index contributed by atoms with van der Waals surface area (Å²) in [5.74, 6) is -0.634. The number of hydrogen-bond acceptors (Lipinski definition) is 6. The average Bonchev–Trinajstić information content (AvgIpc) is 2.79. The first-order chi connectivity index (χ1) is 14.5. The number of piperidine rings is 1. The molecule has 0 aliphatic carbocycles. The second-order valence-electron chi connectivity index (χ2n) is 7.19. The summed E-state index contributed by atoms with van der Waals surface area (Å²) in [6, 6.07) is 14.0. The molecule has 0 bridgehead atoms. The Morgan fingerprint density at radius 1 is 1.03 bits per heavy atom. The molecule has 0 spiro atoms. The number of amides is 1. The molecule has 1 saturated heterocycles. The Bertz CT molecular complexity index is 858. The van der Waals surface area contributed by atoms with E-state index >= 15 is 0 Å². The lowest BCUT2D eigenvalue weighted by Crippen LogP contribution is -2.31. The maximum absolute atomic E-state index is 12.3. The van der Waals surface area contributed by atoms with Gasteiger partial charge in [-0.2, -0.15) is 0 Å². The molecule has 1 aliphatic heterocycles. The van der Waals surface area contributed by atoms with Crippen molar-refractivity contribution in [1.29, 1.82) is 0 Å². The summed E-state index contributed by atoms with van der Waals surface area (Å²) >= 11 is 0. The molecule has 2 aromatic carbocycles. The van der Waals surface area contributed by atoms with Crippen LogP contribution in [0.4, 0.5) is 11.4 Å². The van der Waals surface area contributed by atoms with Gasteiger partial charge in [-0.1, -0.05) is 0 Å². The smallest absolute Gasteiger partial charge is 0.344 e. The number of nitrogens with one attached hydrogen (secondary N) is 1. The minimum absolute atomic E-state index is 0.331. The number of carbonyl (C=O) groups is 3. The number of ether oxygens (including phenoxy) is 2. The highest BCUT2D eigenvalue weighted by molar-refractivity contribution is 5.95. The Balaban J connectivity index is 1.44. The molecule has 1 aliphatic rings.